The first kappa shape index (κ1) is 12.4. The second-order valence-corrected chi connectivity index (χ2v) is 5.39. The molecule has 94 valence electrons. The number of hydrogen-bond acceptors (Lipinski definition) is 6. The van der Waals surface area contributed by atoms with Gasteiger partial charge >= 0.3 is 5.97 Å². The number of esters is 1. The molecule has 1 aromatic heterocycles. The summed E-state index contributed by atoms with van der Waals surface area (Å²) in [4.78, 5) is 15.9. The molecule has 1 saturated carbocycles. The average Bonchev–Trinajstić information content (AvgIpc) is 2.99. The molecule has 0 saturated heterocycles. The standard InChI is InChI=1S/C10H16N4O2S/c1-11-10(8(15)16-2)4-3-7(5-10)17-9-12-6-13-14-9/h6-7,11H,3-5H2,1-2H3,(H,12,13,14). The Morgan fingerprint density at radius 1 is 1.76 bits per heavy atom. The largest absolute Gasteiger partial charge is 0.468 e. The summed E-state index contributed by atoms with van der Waals surface area (Å²) in [5, 5.41) is 10.9. The van der Waals surface area contributed by atoms with Gasteiger partial charge in [0.15, 0.2) is 5.16 Å². The predicted molar refractivity (Wildman–Crippen MR) is 63.7 cm³/mol. The maximum absolute atomic E-state index is 11.8. The van der Waals surface area contributed by atoms with E-state index in [0.717, 1.165) is 24.4 Å². The number of H-pyrrole nitrogens is 1. The number of nitrogens with zero attached hydrogens (tertiary/aromatic N) is 2. The molecule has 0 bridgehead atoms. The molecule has 2 rings (SSSR count). The van der Waals surface area contributed by atoms with Gasteiger partial charge in [0.2, 0.25) is 0 Å². The molecule has 0 amide bonds. The van der Waals surface area contributed by atoms with E-state index in [-0.39, 0.29) is 5.97 Å². The van der Waals surface area contributed by atoms with E-state index in [9.17, 15) is 4.79 Å². The highest BCUT2D eigenvalue weighted by Gasteiger charge is 2.45. The van der Waals surface area contributed by atoms with Gasteiger partial charge in [0.05, 0.1) is 7.11 Å². The van der Waals surface area contributed by atoms with Crippen LogP contribution in [0.4, 0.5) is 0 Å². The molecule has 2 atom stereocenters. The summed E-state index contributed by atoms with van der Waals surface area (Å²) >= 11 is 1.63. The molecular formula is C10H16N4O2S. The highest BCUT2D eigenvalue weighted by Crippen LogP contribution is 2.39. The Bertz CT molecular complexity index is 384. The third-order valence-corrected chi connectivity index (χ3v) is 4.35. The van der Waals surface area contributed by atoms with Gasteiger partial charge in [-0.2, -0.15) is 5.10 Å². The fourth-order valence-corrected chi connectivity index (χ4v) is 3.35. The van der Waals surface area contributed by atoms with Crippen molar-refractivity contribution >= 4 is 17.7 Å². The summed E-state index contributed by atoms with van der Waals surface area (Å²) in [6, 6.07) is 0. The zero-order valence-corrected chi connectivity index (χ0v) is 10.7. The SMILES string of the molecule is CNC1(C(=O)OC)CCC(Sc2ncn[nH]2)C1. The third-order valence-electron chi connectivity index (χ3n) is 3.20. The Labute approximate surface area is 104 Å². The van der Waals surface area contributed by atoms with E-state index in [1.54, 1.807) is 18.8 Å². The lowest BCUT2D eigenvalue weighted by atomic mass is 9.98. The number of hydrogen-bond donors (Lipinski definition) is 2. The van der Waals surface area contributed by atoms with Crippen LogP contribution in [0.3, 0.4) is 0 Å². The number of ether oxygens (including phenoxy) is 1. The molecule has 1 aromatic rings. The minimum Gasteiger partial charge on any atom is -0.468 e. The van der Waals surface area contributed by atoms with E-state index in [0.29, 0.717) is 5.25 Å². The van der Waals surface area contributed by atoms with Gasteiger partial charge in [0.1, 0.15) is 11.9 Å². The minimum absolute atomic E-state index is 0.180. The van der Waals surface area contributed by atoms with E-state index in [4.69, 9.17) is 4.74 Å². The predicted octanol–water partition coefficient (Wildman–Crippen LogP) is 0.580. The first-order valence-corrected chi connectivity index (χ1v) is 6.37. The molecule has 7 heteroatoms. The van der Waals surface area contributed by atoms with Crippen LogP contribution < -0.4 is 5.32 Å². The fraction of sp³-hybridized carbons (Fsp3) is 0.700. The van der Waals surface area contributed by atoms with Crippen molar-refractivity contribution < 1.29 is 9.53 Å². The summed E-state index contributed by atoms with van der Waals surface area (Å²) in [6.45, 7) is 0. The number of rotatable bonds is 4. The van der Waals surface area contributed by atoms with Crippen molar-refractivity contribution in [3.05, 3.63) is 6.33 Å². The molecule has 1 aliphatic rings. The van der Waals surface area contributed by atoms with Crippen LogP contribution in [-0.4, -0.2) is 46.1 Å². The van der Waals surface area contributed by atoms with Gasteiger partial charge in [0, 0.05) is 5.25 Å². The van der Waals surface area contributed by atoms with E-state index >= 15 is 0 Å². The van der Waals surface area contributed by atoms with Crippen molar-refractivity contribution in [2.75, 3.05) is 14.2 Å². The van der Waals surface area contributed by atoms with Crippen molar-refractivity contribution in [2.45, 2.75) is 35.2 Å². The van der Waals surface area contributed by atoms with Gasteiger partial charge in [-0.3, -0.25) is 9.89 Å². The summed E-state index contributed by atoms with van der Waals surface area (Å²) in [5.41, 5.74) is -0.535. The van der Waals surface area contributed by atoms with Crippen molar-refractivity contribution in [1.82, 2.24) is 20.5 Å². The Morgan fingerprint density at radius 2 is 2.59 bits per heavy atom. The number of aromatic nitrogens is 3. The van der Waals surface area contributed by atoms with Gasteiger partial charge in [0.25, 0.3) is 0 Å². The van der Waals surface area contributed by atoms with E-state index in [1.807, 2.05) is 0 Å². The smallest absolute Gasteiger partial charge is 0.326 e. The van der Waals surface area contributed by atoms with E-state index in [1.165, 1.54) is 13.4 Å². The van der Waals surface area contributed by atoms with Crippen LogP contribution >= 0.6 is 11.8 Å². The first-order chi connectivity index (χ1) is 8.20. The highest BCUT2D eigenvalue weighted by molar-refractivity contribution is 7.99. The lowest BCUT2D eigenvalue weighted by Gasteiger charge is -2.25. The third kappa shape index (κ3) is 2.44. The average molecular weight is 256 g/mol. The lowest BCUT2D eigenvalue weighted by molar-refractivity contribution is -0.148. The summed E-state index contributed by atoms with van der Waals surface area (Å²) in [6.07, 6.45) is 3.99. The second-order valence-electron chi connectivity index (χ2n) is 4.10. The zero-order chi connectivity index (χ0) is 12.3. The quantitative estimate of drug-likeness (QED) is 0.767. The molecule has 1 heterocycles. The maximum Gasteiger partial charge on any atom is 0.326 e. The van der Waals surface area contributed by atoms with Crippen molar-refractivity contribution in [2.24, 2.45) is 0 Å². The van der Waals surface area contributed by atoms with Gasteiger partial charge in [-0.1, -0.05) is 11.8 Å². The number of carbonyl (C=O) groups is 1. The summed E-state index contributed by atoms with van der Waals surface area (Å²) in [5.74, 6) is -0.180. The van der Waals surface area contributed by atoms with Crippen LogP contribution in [0.2, 0.25) is 0 Å². The number of aromatic amines is 1. The topological polar surface area (TPSA) is 79.9 Å². The molecule has 1 fully saturated rings. The molecular weight excluding hydrogens is 240 g/mol. The van der Waals surface area contributed by atoms with Crippen molar-refractivity contribution in [3.8, 4) is 0 Å². The number of likely N-dealkylation sites (N-methyl/N-ethyl adjacent to an activating group) is 1. The number of carbonyl (C=O) groups excluding carboxylic acids is 1. The Hall–Kier alpha value is -1.08. The molecule has 0 radical (unpaired) electrons. The van der Waals surface area contributed by atoms with Crippen LogP contribution in [0.25, 0.3) is 0 Å². The lowest BCUT2D eigenvalue weighted by Crippen LogP contribution is -2.49. The molecule has 6 nitrogen and oxygen atoms in total. The molecule has 0 aromatic carbocycles. The minimum atomic E-state index is -0.535. The fourth-order valence-electron chi connectivity index (χ4n) is 2.22. The molecule has 2 N–H and O–H groups in total. The number of thioether (sulfide) groups is 1. The van der Waals surface area contributed by atoms with Gasteiger partial charge in [-0.05, 0) is 26.3 Å². The molecule has 17 heavy (non-hydrogen) atoms. The van der Waals surface area contributed by atoms with E-state index in [2.05, 4.69) is 20.5 Å². The normalized spacial score (nSPS) is 28.2. The molecule has 0 aliphatic heterocycles. The van der Waals surface area contributed by atoms with Crippen molar-refractivity contribution in [1.29, 1.82) is 0 Å². The molecule has 2 unspecified atom stereocenters. The Balaban J connectivity index is 2.00. The molecule has 0 spiro atoms. The van der Waals surface area contributed by atoms with E-state index < -0.39 is 5.54 Å². The number of methoxy groups -OCH3 is 1. The monoisotopic (exact) mass is 256 g/mol. The zero-order valence-electron chi connectivity index (χ0n) is 9.90. The second kappa shape index (κ2) is 5.05. The first-order valence-electron chi connectivity index (χ1n) is 5.49. The van der Waals surface area contributed by atoms with Crippen molar-refractivity contribution in [3.63, 3.8) is 0 Å². The van der Waals surface area contributed by atoms with Crippen LogP contribution in [-0.2, 0) is 9.53 Å². The summed E-state index contributed by atoms with van der Waals surface area (Å²) < 4.78 is 4.87. The highest BCUT2D eigenvalue weighted by atomic mass is 32.2. The van der Waals surface area contributed by atoms with Crippen LogP contribution in [0, 0.1) is 0 Å². The van der Waals surface area contributed by atoms with Gasteiger partial charge < -0.3 is 10.1 Å². The maximum atomic E-state index is 11.8. The molecule has 1 aliphatic carbocycles. The van der Waals surface area contributed by atoms with Crippen LogP contribution in [0.15, 0.2) is 11.5 Å². The number of nitrogens with one attached hydrogen (secondary N) is 2. The van der Waals surface area contributed by atoms with Gasteiger partial charge in [-0.25, -0.2) is 4.98 Å². The van der Waals surface area contributed by atoms with Crippen LogP contribution in [0.5, 0.6) is 0 Å². The Kier molecular flexibility index (Phi) is 3.68. The summed E-state index contributed by atoms with van der Waals surface area (Å²) in [7, 11) is 3.23. The van der Waals surface area contributed by atoms with Crippen LogP contribution in [0.1, 0.15) is 19.3 Å². The Morgan fingerprint density at radius 3 is 3.18 bits per heavy atom. The van der Waals surface area contributed by atoms with Gasteiger partial charge in [-0.15, -0.1) is 0 Å².